The van der Waals surface area contributed by atoms with Crippen molar-refractivity contribution in [3.63, 3.8) is 0 Å². The second kappa shape index (κ2) is 7.04. The molecule has 0 fully saturated rings. The van der Waals surface area contributed by atoms with Gasteiger partial charge >= 0.3 is 0 Å². The number of phenols is 1. The summed E-state index contributed by atoms with van der Waals surface area (Å²) in [6, 6.07) is 9.44. The van der Waals surface area contributed by atoms with E-state index in [2.05, 4.69) is 30.1 Å². The largest absolute Gasteiger partial charge is 0.507 e. The van der Waals surface area contributed by atoms with Gasteiger partial charge in [0.2, 0.25) is 0 Å². The molecule has 0 radical (unpaired) electrons. The van der Waals surface area contributed by atoms with Crippen LogP contribution in [0.4, 0.5) is 0 Å². The lowest BCUT2D eigenvalue weighted by Crippen LogP contribution is -1.99. The molecule has 1 heterocycles. The number of aromatic nitrogens is 2. The molecule has 0 saturated carbocycles. The monoisotopic (exact) mass is 270 g/mol. The first-order valence-corrected chi connectivity index (χ1v) is 7.34. The summed E-state index contributed by atoms with van der Waals surface area (Å²) in [5.41, 5.74) is 2.72. The Hall–Kier alpha value is -1.90. The second-order valence-corrected chi connectivity index (χ2v) is 5.25. The molecule has 2 aromatic rings. The average Bonchev–Trinajstić information content (AvgIpc) is 2.48. The van der Waals surface area contributed by atoms with E-state index in [9.17, 15) is 5.11 Å². The van der Waals surface area contributed by atoms with Crippen LogP contribution in [0.2, 0.25) is 0 Å². The predicted octanol–water partition coefficient (Wildman–Crippen LogP) is 4.53. The molecule has 0 bridgehead atoms. The zero-order chi connectivity index (χ0) is 14.4. The molecule has 20 heavy (non-hydrogen) atoms. The van der Waals surface area contributed by atoms with E-state index in [-0.39, 0.29) is 5.75 Å². The van der Waals surface area contributed by atoms with E-state index in [1.165, 1.54) is 19.3 Å². The van der Waals surface area contributed by atoms with Gasteiger partial charge in [-0.1, -0.05) is 45.2 Å². The summed E-state index contributed by atoms with van der Waals surface area (Å²) >= 11 is 0. The molecule has 0 aliphatic carbocycles. The number of hydrogen-bond donors (Lipinski definition) is 1. The van der Waals surface area contributed by atoms with Crippen molar-refractivity contribution in [1.29, 1.82) is 0 Å². The minimum absolute atomic E-state index is 0.283. The smallest absolute Gasteiger partial charge is 0.125 e. The lowest BCUT2D eigenvalue weighted by Gasteiger charge is -2.17. The molecule has 0 aliphatic rings. The molecule has 1 aromatic heterocycles. The summed E-state index contributed by atoms with van der Waals surface area (Å²) in [6.07, 6.45) is 6.47. The maximum Gasteiger partial charge on any atom is 0.125 e. The van der Waals surface area contributed by atoms with E-state index < -0.39 is 0 Å². The van der Waals surface area contributed by atoms with Crippen LogP contribution in [0.3, 0.4) is 0 Å². The maximum absolute atomic E-state index is 10.2. The van der Waals surface area contributed by atoms with E-state index in [4.69, 9.17) is 0 Å². The zero-order valence-corrected chi connectivity index (χ0v) is 12.2. The first kappa shape index (κ1) is 14.5. The van der Waals surface area contributed by atoms with E-state index in [0.717, 1.165) is 23.2 Å². The molecular weight excluding hydrogens is 248 g/mol. The van der Waals surface area contributed by atoms with E-state index in [1.807, 2.05) is 18.2 Å². The van der Waals surface area contributed by atoms with Crippen LogP contribution in [0.5, 0.6) is 5.75 Å². The Balaban J connectivity index is 2.32. The van der Waals surface area contributed by atoms with Crippen LogP contribution in [0, 0.1) is 0 Å². The normalized spacial score (nSPS) is 12.3. The van der Waals surface area contributed by atoms with Crippen LogP contribution in [0.15, 0.2) is 36.5 Å². The van der Waals surface area contributed by atoms with Gasteiger partial charge in [-0.3, -0.25) is 0 Å². The number of aromatic hydroxyl groups is 1. The Morgan fingerprint density at radius 1 is 1.15 bits per heavy atom. The standard InChI is InChI=1S/C17H22N2O/c1-3-4-5-8-13(2)14-9-6-11-16(20)17(14)15-10-7-12-18-19-15/h6-7,9-13,20H,3-5,8H2,1-2H3. The van der Waals surface area contributed by atoms with Gasteiger partial charge in [0.15, 0.2) is 0 Å². The zero-order valence-electron chi connectivity index (χ0n) is 12.2. The SMILES string of the molecule is CCCCCC(C)c1cccc(O)c1-c1cccnn1. The molecule has 1 aromatic carbocycles. The summed E-state index contributed by atoms with van der Waals surface area (Å²) in [4.78, 5) is 0. The first-order valence-electron chi connectivity index (χ1n) is 7.34. The van der Waals surface area contributed by atoms with Crippen molar-refractivity contribution in [2.75, 3.05) is 0 Å². The summed E-state index contributed by atoms with van der Waals surface area (Å²) in [5, 5.41) is 18.3. The van der Waals surface area contributed by atoms with Crippen LogP contribution in [-0.2, 0) is 0 Å². The molecule has 0 spiro atoms. The Bertz CT molecular complexity index is 540. The number of hydrogen-bond acceptors (Lipinski definition) is 3. The molecule has 0 amide bonds. The van der Waals surface area contributed by atoms with E-state index in [0.29, 0.717) is 5.92 Å². The highest BCUT2D eigenvalue weighted by molar-refractivity contribution is 5.71. The van der Waals surface area contributed by atoms with Gasteiger partial charge in [0.05, 0.1) is 5.69 Å². The molecule has 106 valence electrons. The van der Waals surface area contributed by atoms with E-state index >= 15 is 0 Å². The van der Waals surface area contributed by atoms with Crippen molar-refractivity contribution in [1.82, 2.24) is 10.2 Å². The van der Waals surface area contributed by atoms with Gasteiger partial charge in [-0.15, -0.1) is 0 Å². The fourth-order valence-electron chi connectivity index (χ4n) is 2.54. The third-order valence-corrected chi connectivity index (χ3v) is 3.67. The predicted molar refractivity (Wildman–Crippen MR) is 81.7 cm³/mol. The lowest BCUT2D eigenvalue weighted by molar-refractivity contribution is 0.475. The van der Waals surface area contributed by atoms with Crippen molar-refractivity contribution in [2.45, 2.75) is 45.4 Å². The van der Waals surface area contributed by atoms with Crippen molar-refractivity contribution >= 4 is 0 Å². The number of benzene rings is 1. The number of phenolic OH excluding ortho intramolecular Hbond substituents is 1. The quantitative estimate of drug-likeness (QED) is 0.784. The van der Waals surface area contributed by atoms with Crippen LogP contribution >= 0.6 is 0 Å². The summed E-state index contributed by atoms with van der Waals surface area (Å²) in [5.74, 6) is 0.691. The lowest BCUT2D eigenvalue weighted by atomic mass is 9.89. The Kier molecular flexibility index (Phi) is 5.10. The Morgan fingerprint density at radius 3 is 2.70 bits per heavy atom. The van der Waals surface area contributed by atoms with E-state index in [1.54, 1.807) is 12.3 Å². The van der Waals surface area contributed by atoms with Gasteiger partial charge in [0, 0.05) is 11.8 Å². The Morgan fingerprint density at radius 2 is 2.00 bits per heavy atom. The molecule has 1 unspecified atom stereocenters. The van der Waals surface area contributed by atoms with Gasteiger partial charge in [-0.2, -0.15) is 10.2 Å². The summed E-state index contributed by atoms with van der Waals surface area (Å²) < 4.78 is 0. The highest BCUT2D eigenvalue weighted by Gasteiger charge is 2.16. The molecule has 1 atom stereocenters. The number of nitrogens with zero attached hydrogens (tertiary/aromatic N) is 2. The third kappa shape index (κ3) is 3.35. The van der Waals surface area contributed by atoms with Crippen LogP contribution in [-0.4, -0.2) is 15.3 Å². The third-order valence-electron chi connectivity index (χ3n) is 3.67. The maximum atomic E-state index is 10.2. The highest BCUT2D eigenvalue weighted by atomic mass is 16.3. The highest BCUT2D eigenvalue weighted by Crippen LogP contribution is 2.36. The molecule has 2 rings (SSSR count). The van der Waals surface area contributed by atoms with Crippen molar-refractivity contribution < 1.29 is 5.11 Å². The van der Waals surface area contributed by atoms with Gasteiger partial charge in [-0.05, 0) is 36.1 Å². The van der Waals surface area contributed by atoms with Gasteiger partial charge in [0.25, 0.3) is 0 Å². The minimum Gasteiger partial charge on any atom is -0.507 e. The molecule has 0 aliphatic heterocycles. The summed E-state index contributed by atoms with van der Waals surface area (Å²) in [7, 11) is 0. The number of rotatable bonds is 6. The minimum atomic E-state index is 0.283. The van der Waals surface area contributed by atoms with Gasteiger partial charge in [0.1, 0.15) is 5.75 Å². The fourth-order valence-corrected chi connectivity index (χ4v) is 2.54. The molecule has 1 N–H and O–H groups in total. The van der Waals surface area contributed by atoms with Crippen molar-refractivity contribution in [2.24, 2.45) is 0 Å². The van der Waals surface area contributed by atoms with Crippen molar-refractivity contribution in [3.8, 4) is 17.0 Å². The topological polar surface area (TPSA) is 46.0 Å². The first-order chi connectivity index (χ1) is 9.74. The molecule has 0 saturated heterocycles. The van der Waals surface area contributed by atoms with Crippen molar-refractivity contribution in [3.05, 3.63) is 42.1 Å². The molecule has 3 nitrogen and oxygen atoms in total. The Labute approximate surface area is 120 Å². The summed E-state index contributed by atoms with van der Waals surface area (Å²) in [6.45, 7) is 4.42. The van der Waals surface area contributed by atoms with Gasteiger partial charge in [-0.25, -0.2) is 0 Å². The van der Waals surface area contributed by atoms with Crippen LogP contribution in [0.1, 0.15) is 51.0 Å². The fraction of sp³-hybridized carbons (Fsp3) is 0.412. The molecular formula is C17H22N2O. The average molecular weight is 270 g/mol. The van der Waals surface area contributed by atoms with Gasteiger partial charge < -0.3 is 5.11 Å². The van der Waals surface area contributed by atoms with Crippen LogP contribution in [0.25, 0.3) is 11.3 Å². The van der Waals surface area contributed by atoms with Crippen LogP contribution < -0.4 is 0 Å². The number of unbranched alkanes of at least 4 members (excludes halogenated alkanes) is 2. The molecule has 3 heteroatoms. The second-order valence-electron chi connectivity index (χ2n) is 5.25.